The molecule has 0 bridgehead atoms. The summed E-state index contributed by atoms with van der Waals surface area (Å²) in [7, 11) is -2.65. The zero-order valence-electron chi connectivity index (χ0n) is 18.9. The van der Waals surface area contributed by atoms with Gasteiger partial charge in [0, 0.05) is 28.2 Å². The standard InChI is InChI=1S/C24H24ClN5O3S2/c1-24(10-11-35(32,33)13-24)26-21(31)15-8-9-17-19(12-15)30(23-28-27-22(34-23)14-6-7-14)29-20(17)16-4-2-3-5-18(16)25/h2-5,8-9,12,14,32-33H,6-7,10-11,13H2,1H3,(H,26,31). The molecule has 0 radical (unpaired) electrons. The smallest absolute Gasteiger partial charge is 0.251 e. The lowest BCUT2D eigenvalue weighted by atomic mass is 10.0. The number of carbonyl (C=O) groups is 1. The second kappa shape index (κ2) is 8.28. The third kappa shape index (κ3) is 4.34. The van der Waals surface area contributed by atoms with Gasteiger partial charge in [-0.15, -0.1) is 10.2 Å². The summed E-state index contributed by atoms with van der Waals surface area (Å²) in [5, 5.41) is 19.7. The third-order valence-electron chi connectivity index (χ3n) is 6.56. The van der Waals surface area contributed by atoms with Gasteiger partial charge in [0.2, 0.25) is 5.13 Å². The van der Waals surface area contributed by atoms with Crippen molar-refractivity contribution >= 4 is 50.3 Å². The molecule has 1 aliphatic carbocycles. The van der Waals surface area contributed by atoms with Crippen molar-refractivity contribution in [1.29, 1.82) is 0 Å². The average Bonchev–Trinajstić information content (AvgIpc) is 3.32. The molecule has 1 unspecified atom stereocenters. The Hall–Kier alpha value is -2.50. The number of aromatic nitrogens is 4. The molecule has 1 saturated carbocycles. The highest BCUT2D eigenvalue weighted by Gasteiger charge is 2.39. The van der Waals surface area contributed by atoms with E-state index in [1.54, 1.807) is 16.8 Å². The van der Waals surface area contributed by atoms with E-state index in [1.807, 2.05) is 37.3 Å². The number of amides is 1. The number of rotatable bonds is 5. The van der Waals surface area contributed by atoms with Crippen LogP contribution >= 0.6 is 33.5 Å². The van der Waals surface area contributed by atoms with Gasteiger partial charge >= 0.3 is 0 Å². The molecule has 6 rings (SSSR count). The summed E-state index contributed by atoms with van der Waals surface area (Å²) < 4.78 is 21.8. The summed E-state index contributed by atoms with van der Waals surface area (Å²) in [6.45, 7) is 1.85. The maximum Gasteiger partial charge on any atom is 0.251 e. The van der Waals surface area contributed by atoms with Crippen LogP contribution in [0.3, 0.4) is 0 Å². The molecule has 182 valence electrons. The Labute approximate surface area is 212 Å². The molecule has 3 N–H and O–H groups in total. The number of benzene rings is 2. The first-order chi connectivity index (χ1) is 16.7. The van der Waals surface area contributed by atoms with E-state index in [1.165, 1.54) is 11.3 Å². The Morgan fingerprint density at radius 1 is 1.23 bits per heavy atom. The quantitative estimate of drug-likeness (QED) is 0.305. The lowest BCUT2D eigenvalue weighted by Gasteiger charge is -2.30. The van der Waals surface area contributed by atoms with Crippen LogP contribution in [0.4, 0.5) is 0 Å². The van der Waals surface area contributed by atoms with Crippen LogP contribution in [0, 0.1) is 0 Å². The number of hydrogen-bond acceptors (Lipinski definition) is 7. The molecule has 1 amide bonds. The fourth-order valence-electron chi connectivity index (χ4n) is 4.55. The summed E-state index contributed by atoms with van der Waals surface area (Å²) in [4.78, 5) is 13.2. The lowest BCUT2D eigenvalue weighted by molar-refractivity contribution is 0.0915. The summed E-state index contributed by atoms with van der Waals surface area (Å²) in [6, 6.07) is 13.0. The molecule has 1 atom stereocenters. The molecular weight excluding hydrogens is 506 g/mol. The van der Waals surface area contributed by atoms with Crippen molar-refractivity contribution in [3.63, 3.8) is 0 Å². The molecule has 35 heavy (non-hydrogen) atoms. The Kier molecular flexibility index (Phi) is 5.42. The van der Waals surface area contributed by atoms with E-state index in [2.05, 4.69) is 15.5 Å². The van der Waals surface area contributed by atoms with Gasteiger partial charge in [-0.3, -0.25) is 13.9 Å². The van der Waals surface area contributed by atoms with E-state index < -0.39 is 16.1 Å². The minimum Gasteiger partial charge on any atom is -0.345 e. The number of hydrogen-bond donors (Lipinski definition) is 3. The SMILES string of the molecule is CC1(NC(=O)c2ccc3c(-c4ccccc4Cl)nn(-c4nnc(C5CC5)s4)c3c2)CCS(O)(O)C1. The molecule has 0 spiro atoms. The van der Waals surface area contributed by atoms with E-state index in [-0.39, 0.29) is 11.7 Å². The lowest BCUT2D eigenvalue weighted by Crippen LogP contribution is -2.46. The van der Waals surface area contributed by atoms with Crippen molar-refractivity contribution in [3.05, 3.63) is 58.1 Å². The Morgan fingerprint density at radius 2 is 2.03 bits per heavy atom. The summed E-state index contributed by atoms with van der Waals surface area (Å²) >= 11 is 8.02. The van der Waals surface area contributed by atoms with Crippen LogP contribution in [0.2, 0.25) is 5.02 Å². The highest BCUT2D eigenvalue weighted by Crippen LogP contribution is 2.50. The zero-order valence-corrected chi connectivity index (χ0v) is 21.3. The Bertz CT molecular complexity index is 1460. The van der Waals surface area contributed by atoms with E-state index in [0.29, 0.717) is 39.5 Å². The second-order valence-corrected chi connectivity index (χ2v) is 13.3. The van der Waals surface area contributed by atoms with Gasteiger partial charge < -0.3 is 5.32 Å². The van der Waals surface area contributed by atoms with E-state index >= 15 is 0 Å². The van der Waals surface area contributed by atoms with Gasteiger partial charge in [0.05, 0.1) is 21.8 Å². The first-order valence-electron chi connectivity index (χ1n) is 11.4. The predicted molar refractivity (Wildman–Crippen MR) is 140 cm³/mol. The van der Waals surface area contributed by atoms with E-state index in [4.69, 9.17) is 16.7 Å². The second-order valence-electron chi connectivity index (χ2n) is 9.58. The minimum atomic E-state index is -2.65. The largest absolute Gasteiger partial charge is 0.345 e. The van der Waals surface area contributed by atoms with Crippen molar-refractivity contribution in [2.24, 2.45) is 0 Å². The normalized spacial score (nSPS) is 22.4. The van der Waals surface area contributed by atoms with Gasteiger partial charge in [0.15, 0.2) is 0 Å². The summed E-state index contributed by atoms with van der Waals surface area (Å²) in [5.74, 6) is 0.676. The monoisotopic (exact) mass is 529 g/mol. The highest BCUT2D eigenvalue weighted by atomic mass is 35.5. The molecule has 2 aromatic heterocycles. The average molecular weight is 530 g/mol. The molecule has 2 aromatic carbocycles. The van der Waals surface area contributed by atoms with Gasteiger partial charge in [0.25, 0.3) is 5.91 Å². The predicted octanol–water partition coefficient (Wildman–Crippen LogP) is 5.72. The third-order valence-corrected chi connectivity index (χ3v) is 9.90. The topological polar surface area (TPSA) is 113 Å². The van der Waals surface area contributed by atoms with Gasteiger partial charge in [-0.2, -0.15) is 15.7 Å². The molecule has 4 aromatic rings. The van der Waals surface area contributed by atoms with Crippen LogP contribution in [-0.2, 0) is 0 Å². The molecule has 8 nitrogen and oxygen atoms in total. The van der Waals surface area contributed by atoms with Crippen molar-refractivity contribution in [2.75, 3.05) is 11.5 Å². The maximum atomic E-state index is 13.2. The fraction of sp³-hybridized carbons (Fsp3) is 0.333. The summed E-state index contributed by atoms with van der Waals surface area (Å²) in [5.41, 5.74) is 2.03. The molecule has 3 heterocycles. The van der Waals surface area contributed by atoms with Crippen LogP contribution in [0.1, 0.15) is 47.5 Å². The first kappa shape index (κ1) is 22.9. The highest BCUT2D eigenvalue weighted by molar-refractivity contribution is 8.24. The molecule has 1 saturated heterocycles. The van der Waals surface area contributed by atoms with E-state index in [9.17, 15) is 13.9 Å². The van der Waals surface area contributed by atoms with Crippen molar-refractivity contribution in [3.8, 4) is 16.4 Å². The molecule has 1 aliphatic heterocycles. The van der Waals surface area contributed by atoms with E-state index in [0.717, 1.165) is 34.3 Å². The van der Waals surface area contributed by atoms with Crippen molar-refractivity contribution in [2.45, 2.75) is 37.6 Å². The molecular formula is C24H24ClN5O3S2. The fourth-order valence-corrected chi connectivity index (χ4v) is 7.91. The Morgan fingerprint density at radius 3 is 2.74 bits per heavy atom. The maximum absolute atomic E-state index is 13.2. The van der Waals surface area contributed by atoms with Gasteiger partial charge in [-0.25, -0.2) is 4.68 Å². The number of carbonyl (C=O) groups excluding carboxylic acids is 1. The van der Waals surface area contributed by atoms with Gasteiger partial charge in [-0.1, -0.05) is 41.1 Å². The number of halogens is 1. The van der Waals surface area contributed by atoms with Crippen LogP contribution < -0.4 is 5.32 Å². The summed E-state index contributed by atoms with van der Waals surface area (Å²) in [6.07, 6.45) is 2.78. The molecule has 2 aliphatic rings. The van der Waals surface area contributed by atoms with Crippen LogP contribution in [-0.4, -0.2) is 52.0 Å². The van der Waals surface area contributed by atoms with Crippen LogP contribution in [0.5, 0.6) is 0 Å². The van der Waals surface area contributed by atoms with Crippen LogP contribution in [0.15, 0.2) is 42.5 Å². The molecule has 11 heteroatoms. The zero-order chi connectivity index (χ0) is 24.4. The van der Waals surface area contributed by atoms with Crippen molar-refractivity contribution < 1.29 is 13.9 Å². The number of nitrogens with zero attached hydrogens (tertiary/aromatic N) is 4. The van der Waals surface area contributed by atoms with Crippen molar-refractivity contribution in [1.82, 2.24) is 25.3 Å². The van der Waals surface area contributed by atoms with Gasteiger partial charge in [-0.05, 0) is 50.5 Å². The minimum absolute atomic E-state index is 0.164. The molecule has 2 fully saturated rings. The first-order valence-corrected chi connectivity index (χ1v) is 14.5. The van der Waals surface area contributed by atoms with Crippen LogP contribution in [0.25, 0.3) is 27.3 Å². The Balaban J connectivity index is 1.43. The number of fused-ring (bicyclic) bond motifs is 1. The van der Waals surface area contributed by atoms with Gasteiger partial charge in [0.1, 0.15) is 10.7 Å². The number of nitrogens with one attached hydrogen (secondary N) is 1.